The highest BCUT2D eigenvalue weighted by molar-refractivity contribution is 5.98. The Morgan fingerprint density at radius 2 is 1.65 bits per heavy atom. The molecule has 0 radical (unpaired) electrons. The lowest BCUT2D eigenvalue weighted by Gasteiger charge is -2.29. The van der Waals surface area contributed by atoms with Crippen LogP contribution in [0.25, 0.3) is 22.5 Å². The lowest BCUT2D eigenvalue weighted by Crippen LogP contribution is -2.48. The van der Waals surface area contributed by atoms with Crippen LogP contribution in [0.15, 0.2) is 66.7 Å². The van der Waals surface area contributed by atoms with Gasteiger partial charge in [0, 0.05) is 48.8 Å². The van der Waals surface area contributed by atoms with Crippen molar-refractivity contribution in [2.45, 2.75) is 45.1 Å². The molecule has 1 aliphatic carbocycles. The highest BCUT2D eigenvalue weighted by Gasteiger charge is 2.30. The van der Waals surface area contributed by atoms with Crippen molar-refractivity contribution >= 4 is 29.5 Å². The molecule has 266 valence electrons. The van der Waals surface area contributed by atoms with Crippen LogP contribution in [0.5, 0.6) is 0 Å². The molecule has 1 saturated heterocycles. The van der Waals surface area contributed by atoms with E-state index in [0.717, 1.165) is 40.7 Å². The second-order valence-corrected chi connectivity index (χ2v) is 13.1. The van der Waals surface area contributed by atoms with Gasteiger partial charge in [0.05, 0.1) is 13.2 Å². The number of ether oxygens (including phenoxy) is 1. The molecule has 1 aliphatic heterocycles. The van der Waals surface area contributed by atoms with Crippen LogP contribution in [-0.2, 0) is 20.7 Å². The maximum absolute atomic E-state index is 13.7. The predicted molar refractivity (Wildman–Crippen MR) is 189 cm³/mol. The number of H-pyrrole nitrogens is 1. The first-order chi connectivity index (χ1) is 24.7. The minimum absolute atomic E-state index is 0.0179. The average Bonchev–Trinajstić information content (AvgIpc) is 3.70. The summed E-state index contributed by atoms with van der Waals surface area (Å²) in [7, 11) is 0. The standard InChI is InChI=1S/C37H42N8O6/c1-23-2-7-29(36(48)45-16-18-51-19-17-45)21-31(23)26-8-3-24(4-9-26)20-32(40-34(46)28-10-5-25(6-11-28)22-38-37(49)50)35(47)39-30-14-12-27(13-15-30)33-41-43-44-42-33/h2-4,7-9,12-15,21,25,28,32,38H,5-6,10-11,16-20,22H2,1H3,(H,39,47)(H,40,46)(H,49,50)(H,41,42,43,44)/t25-,28-,32-/m0/s1. The van der Waals surface area contributed by atoms with Gasteiger partial charge in [-0.3, -0.25) is 14.4 Å². The summed E-state index contributed by atoms with van der Waals surface area (Å²) < 4.78 is 5.40. The molecule has 51 heavy (non-hydrogen) atoms. The van der Waals surface area contributed by atoms with Gasteiger partial charge in [-0.1, -0.05) is 30.3 Å². The number of nitrogens with one attached hydrogen (secondary N) is 4. The number of carboxylic acid groups (broad SMARTS) is 1. The molecule has 14 heteroatoms. The number of amides is 4. The van der Waals surface area contributed by atoms with Crippen LogP contribution in [0.2, 0.25) is 0 Å². The van der Waals surface area contributed by atoms with E-state index < -0.39 is 12.1 Å². The van der Waals surface area contributed by atoms with Gasteiger partial charge in [0.2, 0.25) is 17.6 Å². The van der Waals surface area contributed by atoms with Crippen LogP contribution in [0, 0.1) is 18.8 Å². The first-order valence-electron chi connectivity index (χ1n) is 17.2. The predicted octanol–water partition coefficient (Wildman–Crippen LogP) is 4.05. The fourth-order valence-corrected chi connectivity index (χ4v) is 6.65. The van der Waals surface area contributed by atoms with Crippen molar-refractivity contribution in [2.75, 3.05) is 38.2 Å². The average molecular weight is 695 g/mol. The number of benzene rings is 3. The molecule has 2 aliphatic rings. The molecule has 0 bridgehead atoms. The Morgan fingerprint density at radius 1 is 0.941 bits per heavy atom. The lowest BCUT2D eigenvalue weighted by atomic mass is 9.81. The van der Waals surface area contributed by atoms with E-state index in [1.165, 1.54) is 0 Å². The molecule has 3 aromatic carbocycles. The maximum atomic E-state index is 13.7. The third-order valence-electron chi connectivity index (χ3n) is 9.64. The molecule has 0 unspecified atom stereocenters. The Hall–Kier alpha value is -5.63. The molecule has 6 rings (SSSR count). The zero-order valence-electron chi connectivity index (χ0n) is 28.4. The first kappa shape index (κ1) is 35.2. The second kappa shape index (κ2) is 16.4. The van der Waals surface area contributed by atoms with Crippen molar-refractivity contribution in [1.82, 2.24) is 36.2 Å². The van der Waals surface area contributed by atoms with Gasteiger partial charge in [-0.25, -0.2) is 4.79 Å². The van der Waals surface area contributed by atoms with Gasteiger partial charge < -0.3 is 30.7 Å². The van der Waals surface area contributed by atoms with Gasteiger partial charge in [-0.2, -0.15) is 5.21 Å². The Balaban J connectivity index is 1.16. The van der Waals surface area contributed by atoms with Gasteiger partial charge >= 0.3 is 6.09 Å². The van der Waals surface area contributed by atoms with Crippen molar-refractivity contribution < 1.29 is 29.0 Å². The van der Waals surface area contributed by atoms with E-state index in [1.54, 1.807) is 24.3 Å². The van der Waals surface area contributed by atoms with Crippen molar-refractivity contribution in [3.8, 4) is 22.5 Å². The molecular weight excluding hydrogens is 652 g/mol. The summed E-state index contributed by atoms with van der Waals surface area (Å²) in [5.41, 5.74) is 5.68. The number of aromatic amines is 1. The summed E-state index contributed by atoms with van der Waals surface area (Å²) in [5.74, 6) is -0.227. The van der Waals surface area contributed by atoms with Gasteiger partial charge in [0.15, 0.2) is 0 Å². The SMILES string of the molecule is Cc1ccc(C(=O)N2CCOCC2)cc1-c1ccc(C[C@H](NC(=O)[C@H]2CC[C@H](CNC(=O)O)CC2)C(=O)Nc2ccc(-c3nn[nH]n3)cc2)cc1. The molecule has 1 saturated carbocycles. The number of rotatable bonds is 11. The molecule has 4 aromatic rings. The summed E-state index contributed by atoms with van der Waals surface area (Å²) in [5, 5.41) is 31.3. The number of carbonyl (C=O) groups is 4. The van der Waals surface area contributed by atoms with E-state index in [1.807, 2.05) is 54.3 Å². The van der Waals surface area contributed by atoms with Crippen LogP contribution in [0.1, 0.15) is 47.2 Å². The number of aryl methyl sites for hydroxylation is 1. The number of carbonyl (C=O) groups excluding carboxylic acids is 3. The Morgan fingerprint density at radius 3 is 2.31 bits per heavy atom. The summed E-state index contributed by atoms with van der Waals surface area (Å²) >= 11 is 0. The summed E-state index contributed by atoms with van der Waals surface area (Å²) in [6.07, 6.45) is 1.88. The van der Waals surface area contributed by atoms with Crippen molar-refractivity contribution in [3.63, 3.8) is 0 Å². The van der Waals surface area contributed by atoms with E-state index in [0.29, 0.717) is 62.8 Å². The minimum Gasteiger partial charge on any atom is -0.465 e. The molecule has 1 aromatic heterocycles. The quantitative estimate of drug-likeness (QED) is 0.154. The monoisotopic (exact) mass is 694 g/mol. The third kappa shape index (κ3) is 9.14. The molecule has 2 fully saturated rings. The van der Waals surface area contributed by atoms with Crippen LogP contribution in [0.4, 0.5) is 10.5 Å². The van der Waals surface area contributed by atoms with E-state index in [4.69, 9.17) is 9.84 Å². The Bertz CT molecular complexity index is 1820. The normalized spacial score (nSPS) is 18.0. The Labute approximate surface area is 295 Å². The van der Waals surface area contributed by atoms with Crippen molar-refractivity contribution in [2.24, 2.45) is 11.8 Å². The largest absolute Gasteiger partial charge is 0.465 e. The number of morpholine rings is 1. The van der Waals surface area contributed by atoms with Gasteiger partial charge in [-0.15, -0.1) is 10.2 Å². The summed E-state index contributed by atoms with van der Waals surface area (Å²) in [4.78, 5) is 53.2. The number of aromatic nitrogens is 4. The minimum atomic E-state index is -1.05. The van der Waals surface area contributed by atoms with Gasteiger partial charge in [0.25, 0.3) is 5.91 Å². The smallest absolute Gasteiger partial charge is 0.404 e. The highest BCUT2D eigenvalue weighted by Crippen LogP contribution is 2.29. The van der Waals surface area contributed by atoms with Crippen molar-refractivity contribution in [3.05, 3.63) is 83.4 Å². The summed E-state index contributed by atoms with van der Waals surface area (Å²) in [6, 6.07) is 19.7. The maximum Gasteiger partial charge on any atom is 0.404 e. The molecule has 5 N–H and O–H groups in total. The number of anilines is 1. The second-order valence-electron chi connectivity index (χ2n) is 13.1. The van der Waals surface area contributed by atoms with Crippen LogP contribution < -0.4 is 16.0 Å². The Kier molecular flexibility index (Phi) is 11.3. The fraction of sp³-hybridized carbons (Fsp3) is 0.378. The zero-order valence-corrected chi connectivity index (χ0v) is 28.4. The molecule has 1 atom stereocenters. The number of hydrogen-bond donors (Lipinski definition) is 5. The van der Waals surface area contributed by atoms with E-state index >= 15 is 0 Å². The van der Waals surface area contributed by atoms with Crippen molar-refractivity contribution in [1.29, 1.82) is 0 Å². The third-order valence-corrected chi connectivity index (χ3v) is 9.64. The fourth-order valence-electron chi connectivity index (χ4n) is 6.65. The highest BCUT2D eigenvalue weighted by atomic mass is 16.5. The number of tetrazole rings is 1. The lowest BCUT2D eigenvalue weighted by molar-refractivity contribution is -0.130. The molecule has 2 heterocycles. The first-order valence-corrected chi connectivity index (χ1v) is 17.2. The van der Waals surface area contributed by atoms with Crippen LogP contribution in [-0.4, -0.2) is 93.3 Å². The molecule has 0 spiro atoms. The molecular formula is C37H42N8O6. The van der Waals surface area contributed by atoms with Crippen LogP contribution in [0.3, 0.4) is 0 Å². The molecule has 4 amide bonds. The topological polar surface area (TPSA) is 192 Å². The van der Waals surface area contributed by atoms with E-state index in [2.05, 4.69) is 36.6 Å². The van der Waals surface area contributed by atoms with Gasteiger partial charge in [0.1, 0.15) is 6.04 Å². The molecule has 14 nitrogen and oxygen atoms in total. The van der Waals surface area contributed by atoms with E-state index in [9.17, 15) is 19.2 Å². The van der Waals surface area contributed by atoms with Crippen LogP contribution >= 0.6 is 0 Å². The number of nitrogens with zero attached hydrogens (tertiary/aromatic N) is 4. The summed E-state index contributed by atoms with van der Waals surface area (Å²) in [6.45, 7) is 4.58. The zero-order chi connectivity index (χ0) is 35.7. The van der Waals surface area contributed by atoms with Gasteiger partial charge in [-0.05, 0) is 102 Å². The number of hydrogen-bond acceptors (Lipinski definition) is 8. The van der Waals surface area contributed by atoms with E-state index in [-0.39, 0.29) is 36.0 Å².